The number of amides is 1. The van der Waals surface area contributed by atoms with E-state index in [1.165, 1.54) is 5.56 Å². The molecule has 0 aliphatic carbocycles. The van der Waals surface area contributed by atoms with Crippen LogP contribution in [0.3, 0.4) is 0 Å². The molecule has 0 N–H and O–H groups in total. The molecule has 0 saturated heterocycles. The van der Waals surface area contributed by atoms with E-state index in [9.17, 15) is 4.79 Å². The molecule has 2 aromatic heterocycles. The van der Waals surface area contributed by atoms with E-state index in [0.717, 1.165) is 27.5 Å². The summed E-state index contributed by atoms with van der Waals surface area (Å²) < 4.78 is 2.92. The highest BCUT2D eigenvalue weighted by Crippen LogP contribution is 2.33. The number of benzene rings is 1. The minimum absolute atomic E-state index is 0. The van der Waals surface area contributed by atoms with Gasteiger partial charge in [0.05, 0.1) is 10.2 Å². The van der Waals surface area contributed by atoms with Gasteiger partial charge in [-0.3, -0.25) is 14.4 Å². The minimum atomic E-state index is -0.0580. The van der Waals surface area contributed by atoms with Crippen molar-refractivity contribution in [1.29, 1.82) is 0 Å². The summed E-state index contributed by atoms with van der Waals surface area (Å²) in [5.41, 5.74) is 3.89. The molecule has 0 atom stereocenters. The Bertz CT molecular complexity index is 924. The average molecular weight is 422 g/mol. The zero-order valence-corrected chi connectivity index (χ0v) is 18.9. The van der Waals surface area contributed by atoms with Crippen LogP contribution in [0.1, 0.15) is 41.5 Å². The summed E-state index contributed by atoms with van der Waals surface area (Å²) >= 11 is 1.58. The molecule has 28 heavy (non-hydrogen) atoms. The lowest BCUT2D eigenvalue weighted by molar-refractivity contribution is 0.0973. The third-order valence-corrected chi connectivity index (χ3v) is 5.77. The number of anilines is 1. The van der Waals surface area contributed by atoms with E-state index in [4.69, 9.17) is 4.98 Å². The number of aromatic nitrogens is 3. The Hall–Kier alpha value is -1.96. The van der Waals surface area contributed by atoms with Crippen LogP contribution in [-0.2, 0) is 0 Å². The van der Waals surface area contributed by atoms with Crippen LogP contribution in [0, 0.1) is 13.8 Å². The lowest BCUT2D eigenvalue weighted by atomic mass is 10.1. The van der Waals surface area contributed by atoms with Crippen LogP contribution in [0.4, 0.5) is 5.13 Å². The topological polar surface area (TPSA) is 54.3 Å². The molecular weight excluding hydrogens is 394 g/mol. The lowest BCUT2D eigenvalue weighted by Gasteiger charge is -2.22. The second-order valence-electron chi connectivity index (χ2n) is 7.39. The number of hydrogen-bond acceptors (Lipinski definition) is 5. The fourth-order valence-corrected chi connectivity index (χ4v) is 4.12. The fraction of sp³-hybridized carbons (Fsp3) is 0.450. The van der Waals surface area contributed by atoms with Crippen molar-refractivity contribution in [2.75, 3.05) is 32.1 Å². The van der Waals surface area contributed by atoms with E-state index >= 15 is 0 Å². The van der Waals surface area contributed by atoms with Crippen LogP contribution in [0.2, 0.25) is 0 Å². The first kappa shape index (κ1) is 22.3. The number of halogens is 1. The minimum Gasteiger partial charge on any atom is -0.308 e. The molecule has 0 bridgehead atoms. The summed E-state index contributed by atoms with van der Waals surface area (Å²) in [5, 5.41) is 5.06. The van der Waals surface area contributed by atoms with E-state index < -0.39 is 0 Å². The van der Waals surface area contributed by atoms with Crippen LogP contribution in [0.25, 0.3) is 10.2 Å². The smallest absolute Gasteiger partial charge is 0.278 e. The monoisotopic (exact) mass is 421 g/mol. The van der Waals surface area contributed by atoms with Gasteiger partial charge in [0.15, 0.2) is 5.13 Å². The van der Waals surface area contributed by atoms with Gasteiger partial charge in [0.2, 0.25) is 0 Å². The summed E-state index contributed by atoms with van der Waals surface area (Å²) in [6.07, 6.45) is 1.68. The van der Waals surface area contributed by atoms with Gasteiger partial charge in [0, 0.05) is 25.3 Å². The normalized spacial score (nSPS) is 11.3. The second kappa shape index (κ2) is 9.03. The van der Waals surface area contributed by atoms with E-state index in [2.05, 4.69) is 36.0 Å². The molecule has 3 rings (SSSR count). The molecule has 8 heteroatoms. The van der Waals surface area contributed by atoms with Gasteiger partial charge in [0.1, 0.15) is 5.69 Å². The quantitative estimate of drug-likeness (QED) is 0.594. The third-order valence-electron chi connectivity index (χ3n) is 4.56. The van der Waals surface area contributed by atoms with Gasteiger partial charge in [-0.05, 0) is 59.0 Å². The number of aryl methyl sites for hydroxylation is 2. The number of likely N-dealkylation sites (N-methyl/N-ethyl adjacent to an activating group) is 1. The molecule has 2 heterocycles. The average Bonchev–Trinajstić information content (AvgIpc) is 3.25. The molecule has 0 spiro atoms. The summed E-state index contributed by atoms with van der Waals surface area (Å²) in [4.78, 5) is 22.1. The molecule has 1 aromatic carbocycles. The number of carbonyl (C=O) groups excluding carboxylic acids is 1. The van der Waals surface area contributed by atoms with Crippen molar-refractivity contribution in [3.63, 3.8) is 0 Å². The Morgan fingerprint density at radius 2 is 1.82 bits per heavy atom. The highest BCUT2D eigenvalue weighted by atomic mass is 35.5. The molecule has 0 unspecified atom stereocenters. The molecule has 0 aliphatic rings. The second-order valence-corrected chi connectivity index (χ2v) is 8.37. The molecule has 0 fully saturated rings. The Labute approximate surface area is 176 Å². The van der Waals surface area contributed by atoms with Gasteiger partial charge in [-0.2, -0.15) is 5.10 Å². The van der Waals surface area contributed by atoms with Gasteiger partial charge >= 0.3 is 0 Å². The number of nitrogens with zero attached hydrogens (tertiary/aromatic N) is 5. The largest absolute Gasteiger partial charge is 0.308 e. The van der Waals surface area contributed by atoms with Gasteiger partial charge in [0.25, 0.3) is 5.91 Å². The Morgan fingerprint density at radius 1 is 1.14 bits per heavy atom. The molecule has 152 valence electrons. The molecule has 6 nitrogen and oxygen atoms in total. The highest BCUT2D eigenvalue weighted by molar-refractivity contribution is 7.22. The summed E-state index contributed by atoms with van der Waals surface area (Å²) in [5.74, 6) is -0.0580. The van der Waals surface area contributed by atoms with Crippen LogP contribution in [-0.4, -0.2) is 52.8 Å². The van der Waals surface area contributed by atoms with Crippen LogP contribution in [0.5, 0.6) is 0 Å². The van der Waals surface area contributed by atoms with E-state index in [-0.39, 0.29) is 24.4 Å². The molecule has 0 radical (unpaired) electrons. The first-order chi connectivity index (χ1) is 12.8. The van der Waals surface area contributed by atoms with Gasteiger partial charge in [-0.1, -0.05) is 23.5 Å². The summed E-state index contributed by atoms with van der Waals surface area (Å²) in [6, 6.07) is 6.10. The van der Waals surface area contributed by atoms with Crippen molar-refractivity contribution >= 4 is 45.0 Å². The molecule has 1 amide bonds. The fourth-order valence-electron chi connectivity index (χ4n) is 2.98. The predicted molar refractivity (Wildman–Crippen MR) is 119 cm³/mol. The lowest BCUT2D eigenvalue weighted by Crippen LogP contribution is -2.38. The van der Waals surface area contributed by atoms with Crippen molar-refractivity contribution in [3.05, 3.63) is 41.2 Å². The first-order valence-electron chi connectivity index (χ1n) is 9.16. The number of thiazole rings is 1. The van der Waals surface area contributed by atoms with Crippen molar-refractivity contribution in [1.82, 2.24) is 19.7 Å². The first-order valence-corrected chi connectivity index (χ1v) is 9.98. The predicted octanol–water partition coefficient (Wildman–Crippen LogP) is 4.32. The van der Waals surface area contributed by atoms with E-state index in [1.807, 2.05) is 27.9 Å². The van der Waals surface area contributed by atoms with E-state index in [1.54, 1.807) is 33.2 Å². The number of hydrogen-bond donors (Lipinski definition) is 0. The molecule has 0 aliphatic heterocycles. The molecule has 0 saturated carbocycles. The highest BCUT2D eigenvalue weighted by Gasteiger charge is 2.25. The maximum atomic E-state index is 13.4. The maximum absolute atomic E-state index is 13.4. The van der Waals surface area contributed by atoms with Gasteiger partial charge < -0.3 is 4.90 Å². The van der Waals surface area contributed by atoms with Crippen LogP contribution < -0.4 is 4.90 Å². The van der Waals surface area contributed by atoms with Crippen molar-refractivity contribution in [2.24, 2.45) is 0 Å². The number of rotatable bonds is 6. The van der Waals surface area contributed by atoms with Crippen molar-refractivity contribution < 1.29 is 4.79 Å². The zero-order valence-electron chi connectivity index (χ0n) is 17.3. The standard InChI is InChI=1S/C20H27N5OS.ClH/c1-13(2)25-16(9-10-21-25)19(26)24(12-11-23(5)6)20-22-17-14(3)7-8-15(4)18(17)27-20;/h7-10,13H,11-12H2,1-6H3;1H. The Balaban J connectivity index is 0.00000280. The number of carbonyl (C=O) groups is 1. The third kappa shape index (κ3) is 4.37. The van der Waals surface area contributed by atoms with Crippen molar-refractivity contribution in [3.8, 4) is 0 Å². The Morgan fingerprint density at radius 3 is 2.43 bits per heavy atom. The number of fused-ring (bicyclic) bond motifs is 1. The molecule has 3 aromatic rings. The van der Waals surface area contributed by atoms with Crippen LogP contribution >= 0.6 is 23.7 Å². The zero-order chi connectivity index (χ0) is 19.7. The van der Waals surface area contributed by atoms with Gasteiger partial charge in [-0.15, -0.1) is 12.4 Å². The summed E-state index contributed by atoms with van der Waals surface area (Å²) in [7, 11) is 4.02. The van der Waals surface area contributed by atoms with E-state index in [0.29, 0.717) is 12.2 Å². The Kier molecular flexibility index (Phi) is 7.20. The SMILES string of the molecule is Cc1ccc(C)c2sc(N(CCN(C)C)C(=O)c3ccnn3C(C)C)nc12.Cl. The molecular formula is C20H28ClN5OS. The summed E-state index contributed by atoms with van der Waals surface area (Å²) in [6.45, 7) is 9.54. The van der Waals surface area contributed by atoms with Crippen molar-refractivity contribution in [2.45, 2.75) is 33.7 Å². The van der Waals surface area contributed by atoms with Gasteiger partial charge in [-0.25, -0.2) is 4.98 Å². The maximum Gasteiger partial charge on any atom is 0.278 e. The van der Waals surface area contributed by atoms with Crippen LogP contribution in [0.15, 0.2) is 24.4 Å².